The van der Waals surface area contributed by atoms with Crippen molar-refractivity contribution in [3.8, 4) is 0 Å². The van der Waals surface area contributed by atoms with Crippen molar-refractivity contribution in [1.29, 1.82) is 0 Å². The summed E-state index contributed by atoms with van der Waals surface area (Å²) in [5.41, 5.74) is 6.68. The van der Waals surface area contributed by atoms with Crippen molar-refractivity contribution in [2.24, 2.45) is 0 Å². The first-order valence-electron chi connectivity index (χ1n) is 9.01. The molecule has 0 radical (unpaired) electrons. The molecule has 3 heteroatoms. The van der Waals surface area contributed by atoms with Crippen molar-refractivity contribution < 1.29 is 9.26 Å². The highest BCUT2D eigenvalue weighted by Crippen LogP contribution is 2.46. The Bertz CT molecular complexity index is 796. The highest BCUT2D eigenvalue weighted by molar-refractivity contribution is 5.79. The molecule has 0 amide bonds. The largest absolute Gasteiger partial charge is 0.378 e. The second-order valence-corrected chi connectivity index (χ2v) is 8.51. The summed E-state index contributed by atoms with van der Waals surface area (Å²) in [5, 5.41) is 4.02. The van der Waals surface area contributed by atoms with Crippen molar-refractivity contribution in [2.75, 3.05) is 7.11 Å². The lowest BCUT2D eigenvalue weighted by atomic mass is 9.63. The number of hydrogen-bond donors (Lipinski definition) is 0. The minimum absolute atomic E-state index is 0.221. The number of nitrogens with zero attached hydrogens (tertiary/aromatic N) is 1. The molecule has 0 saturated carbocycles. The van der Waals surface area contributed by atoms with E-state index in [0.717, 1.165) is 11.5 Å². The fraction of sp³-hybridized carbons (Fsp3) is 0.500. The van der Waals surface area contributed by atoms with Gasteiger partial charge in [-0.1, -0.05) is 51.1 Å². The number of aromatic nitrogens is 1. The Hall–Kier alpha value is -1.87. The van der Waals surface area contributed by atoms with E-state index in [2.05, 4.69) is 64.1 Å². The maximum atomic E-state index is 5.39. The SMILES string of the molecule is COCc1cc(/C=C(\C)c2ccc3c(c2)C(C)(C)CCC3(C)C)on1. The second-order valence-electron chi connectivity index (χ2n) is 8.51. The molecule has 0 spiro atoms. The predicted molar refractivity (Wildman–Crippen MR) is 102 cm³/mol. The third kappa shape index (κ3) is 3.57. The number of methoxy groups -OCH3 is 1. The molecule has 134 valence electrons. The molecule has 0 fully saturated rings. The van der Waals surface area contributed by atoms with Crippen LogP contribution < -0.4 is 0 Å². The van der Waals surface area contributed by atoms with Gasteiger partial charge < -0.3 is 9.26 Å². The lowest BCUT2D eigenvalue weighted by Crippen LogP contribution is -2.33. The standard InChI is InChI=1S/C22H29NO2/c1-15(11-18-13-17(14-24-6)23-25-18)16-7-8-19-20(12-16)22(4,5)10-9-21(19,2)3/h7-8,11-13H,9-10,14H2,1-6H3/b15-11+. The Balaban J connectivity index is 1.96. The second kappa shape index (κ2) is 6.45. The van der Waals surface area contributed by atoms with Crippen molar-refractivity contribution in [3.63, 3.8) is 0 Å². The molecular formula is C22H29NO2. The minimum atomic E-state index is 0.221. The smallest absolute Gasteiger partial charge is 0.160 e. The molecule has 3 nitrogen and oxygen atoms in total. The van der Waals surface area contributed by atoms with E-state index in [1.165, 1.54) is 35.1 Å². The van der Waals surface area contributed by atoms with Crippen LogP contribution >= 0.6 is 0 Å². The van der Waals surface area contributed by atoms with Crippen LogP contribution in [0.15, 0.2) is 28.8 Å². The molecule has 0 saturated heterocycles. The van der Waals surface area contributed by atoms with E-state index in [9.17, 15) is 0 Å². The zero-order valence-corrected chi connectivity index (χ0v) is 16.3. The summed E-state index contributed by atoms with van der Waals surface area (Å²) in [6.07, 6.45) is 4.51. The van der Waals surface area contributed by atoms with E-state index < -0.39 is 0 Å². The average molecular weight is 339 g/mol. The molecule has 0 atom stereocenters. The maximum Gasteiger partial charge on any atom is 0.160 e. The molecule has 0 bridgehead atoms. The summed E-state index contributed by atoms with van der Waals surface area (Å²) >= 11 is 0. The average Bonchev–Trinajstić information content (AvgIpc) is 2.99. The summed E-state index contributed by atoms with van der Waals surface area (Å²) in [4.78, 5) is 0. The minimum Gasteiger partial charge on any atom is -0.378 e. The number of benzene rings is 1. The number of fused-ring (bicyclic) bond motifs is 1. The van der Waals surface area contributed by atoms with E-state index in [1.54, 1.807) is 7.11 Å². The predicted octanol–water partition coefficient (Wildman–Crippen LogP) is 5.73. The lowest BCUT2D eigenvalue weighted by Gasteiger charge is -2.42. The third-order valence-corrected chi connectivity index (χ3v) is 5.54. The van der Waals surface area contributed by atoms with E-state index in [1.807, 2.05) is 6.07 Å². The van der Waals surface area contributed by atoms with E-state index >= 15 is 0 Å². The van der Waals surface area contributed by atoms with Crippen LogP contribution in [-0.2, 0) is 22.2 Å². The van der Waals surface area contributed by atoms with Gasteiger partial charge in [-0.2, -0.15) is 0 Å². The van der Waals surface area contributed by atoms with Gasteiger partial charge >= 0.3 is 0 Å². The van der Waals surface area contributed by atoms with Gasteiger partial charge in [0.2, 0.25) is 0 Å². The molecule has 0 unspecified atom stereocenters. The summed E-state index contributed by atoms with van der Waals surface area (Å²) in [7, 11) is 1.66. The molecule has 3 rings (SSSR count). The molecule has 25 heavy (non-hydrogen) atoms. The Morgan fingerprint density at radius 2 is 1.80 bits per heavy atom. The van der Waals surface area contributed by atoms with Gasteiger partial charge in [0, 0.05) is 13.2 Å². The molecule has 2 aromatic rings. The number of allylic oxidation sites excluding steroid dienone is 1. The van der Waals surface area contributed by atoms with E-state index in [0.29, 0.717) is 6.61 Å². The van der Waals surface area contributed by atoms with Crippen LogP contribution in [0.4, 0.5) is 0 Å². The van der Waals surface area contributed by atoms with Gasteiger partial charge in [0.25, 0.3) is 0 Å². The molecule has 1 aliphatic rings. The Morgan fingerprint density at radius 3 is 2.48 bits per heavy atom. The highest BCUT2D eigenvalue weighted by Gasteiger charge is 2.36. The molecule has 0 aliphatic heterocycles. The van der Waals surface area contributed by atoms with Gasteiger partial charge in [0.05, 0.1) is 6.61 Å². The molecule has 0 N–H and O–H groups in total. The number of rotatable bonds is 4. The first-order valence-corrected chi connectivity index (χ1v) is 9.01. The first kappa shape index (κ1) is 17.9. The Kier molecular flexibility index (Phi) is 4.63. The van der Waals surface area contributed by atoms with Gasteiger partial charge in [-0.05, 0) is 58.9 Å². The third-order valence-electron chi connectivity index (χ3n) is 5.54. The molecule has 1 heterocycles. The van der Waals surface area contributed by atoms with Gasteiger partial charge in [-0.3, -0.25) is 0 Å². The van der Waals surface area contributed by atoms with E-state index in [4.69, 9.17) is 9.26 Å². The monoisotopic (exact) mass is 339 g/mol. The first-order chi connectivity index (χ1) is 11.7. The fourth-order valence-electron chi connectivity index (χ4n) is 3.74. The number of hydrogen-bond acceptors (Lipinski definition) is 3. The van der Waals surface area contributed by atoms with Crippen LogP contribution in [-0.4, -0.2) is 12.3 Å². The fourth-order valence-corrected chi connectivity index (χ4v) is 3.74. The van der Waals surface area contributed by atoms with Crippen molar-refractivity contribution in [3.05, 3.63) is 52.4 Å². The quantitative estimate of drug-likeness (QED) is 0.713. The zero-order chi connectivity index (χ0) is 18.2. The van der Waals surface area contributed by atoms with Gasteiger partial charge in [-0.25, -0.2) is 0 Å². The Morgan fingerprint density at radius 1 is 1.12 bits per heavy atom. The van der Waals surface area contributed by atoms with Crippen LogP contribution in [0.2, 0.25) is 0 Å². The summed E-state index contributed by atoms with van der Waals surface area (Å²) in [5.74, 6) is 0.766. The molecular weight excluding hydrogens is 310 g/mol. The van der Waals surface area contributed by atoms with Gasteiger partial charge in [0.1, 0.15) is 5.69 Å². The lowest BCUT2D eigenvalue weighted by molar-refractivity contribution is 0.177. The van der Waals surface area contributed by atoms with Gasteiger partial charge in [0.15, 0.2) is 5.76 Å². The van der Waals surface area contributed by atoms with E-state index in [-0.39, 0.29) is 10.8 Å². The van der Waals surface area contributed by atoms with Crippen molar-refractivity contribution >= 4 is 11.6 Å². The summed E-state index contributed by atoms with van der Waals surface area (Å²) in [6, 6.07) is 8.85. The normalized spacial score (nSPS) is 18.9. The van der Waals surface area contributed by atoms with Crippen molar-refractivity contribution in [2.45, 2.75) is 64.9 Å². The zero-order valence-electron chi connectivity index (χ0n) is 16.3. The topological polar surface area (TPSA) is 35.3 Å². The highest BCUT2D eigenvalue weighted by atomic mass is 16.5. The Labute approximate surface area is 151 Å². The molecule has 1 aromatic carbocycles. The van der Waals surface area contributed by atoms with Crippen LogP contribution in [0.1, 0.15) is 75.6 Å². The van der Waals surface area contributed by atoms with Crippen LogP contribution in [0, 0.1) is 0 Å². The summed E-state index contributed by atoms with van der Waals surface area (Å²) in [6.45, 7) is 12.0. The number of ether oxygens (including phenoxy) is 1. The molecule has 1 aliphatic carbocycles. The van der Waals surface area contributed by atoms with Crippen LogP contribution in [0.3, 0.4) is 0 Å². The van der Waals surface area contributed by atoms with Crippen LogP contribution in [0.5, 0.6) is 0 Å². The maximum absolute atomic E-state index is 5.39. The van der Waals surface area contributed by atoms with Crippen LogP contribution in [0.25, 0.3) is 11.6 Å². The molecule has 1 aromatic heterocycles. The summed E-state index contributed by atoms with van der Waals surface area (Å²) < 4.78 is 10.5. The van der Waals surface area contributed by atoms with Crippen molar-refractivity contribution in [1.82, 2.24) is 5.16 Å². The van der Waals surface area contributed by atoms with Gasteiger partial charge in [-0.15, -0.1) is 0 Å².